The molecule has 1 unspecified atom stereocenters. The first-order chi connectivity index (χ1) is 34.5. The number of unbranched alkanes of at least 4 members (excludes halogenated alkanes) is 31. The van der Waals surface area contributed by atoms with E-state index in [9.17, 15) is 14.4 Å². The summed E-state index contributed by atoms with van der Waals surface area (Å²) in [5.74, 6) is -0.899. The smallest absolute Gasteiger partial charge is 0.306 e. The minimum absolute atomic E-state index is 0.0831. The first-order valence-electron chi connectivity index (χ1n) is 29.9. The van der Waals surface area contributed by atoms with Crippen molar-refractivity contribution in [2.24, 2.45) is 0 Å². The number of rotatable bonds is 54. The van der Waals surface area contributed by atoms with Crippen LogP contribution in [-0.2, 0) is 28.6 Å². The average Bonchev–Trinajstić information content (AvgIpc) is 3.36. The largest absolute Gasteiger partial charge is 0.462 e. The molecule has 0 aromatic rings. The van der Waals surface area contributed by atoms with Crippen LogP contribution in [0.25, 0.3) is 0 Å². The van der Waals surface area contributed by atoms with Crippen LogP contribution in [0.5, 0.6) is 0 Å². The van der Waals surface area contributed by atoms with Crippen LogP contribution in [0.15, 0.2) is 72.9 Å². The zero-order valence-electron chi connectivity index (χ0n) is 46.3. The third kappa shape index (κ3) is 55.8. The van der Waals surface area contributed by atoms with E-state index in [1.807, 2.05) is 0 Å². The molecule has 6 nitrogen and oxygen atoms in total. The Morgan fingerprint density at radius 3 is 0.829 bits per heavy atom. The normalized spacial score (nSPS) is 12.6. The van der Waals surface area contributed by atoms with Crippen LogP contribution in [0, 0.1) is 0 Å². The van der Waals surface area contributed by atoms with Crippen molar-refractivity contribution in [3.63, 3.8) is 0 Å². The van der Waals surface area contributed by atoms with Gasteiger partial charge in [0, 0.05) is 19.3 Å². The summed E-state index contributed by atoms with van der Waals surface area (Å²) < 4.78 is 16.9. The number of esters is 3. The molecule has 0 N–H and O–H groups in total. The Kier molecular flexibility index (Phi) is 55.8. The predicted octanol–water partition coefficient (Wildman–Crippen LogP) is 20.2. The van der Waals surface area contributed by atoms with Gasteiger partial charge in [-0.3, -0.25) is 14.4 Å². The van der Waals surface area contributed by atoms with Gasteiger partial charge in [0.15, 0.2) is 6.10 Å². The Hall–Kier alpha value is -3.15. The number of ether oxygens (including phenoxy) is 3. The molecule has 0 aliphatic rings. The van der Waals surface area contributed by atoms with Crippen molar-refractivity contribution in [1.29, 1.82) is 0 Å². The van der Waals surface area contributed by atoms with E-state index >= 15 is 0 Å². The minimum Gasteiger partial charge on any atom is -0.462 e. The molecule has 0 saturated heterocycles. The van der Waals surface area contributed by atoms with Crippen molar-refractivity contribution in [2.75, 3.05) is 13.2 Å². The van der Waals surface area contributed by atoms with E-state index in [1.165, 1.54) is 154 Å². The highest BCUT2D eigenvalue weighted by Crippen LogP contribution is 2.15. The Labute approximate surface area is 433 Å². The maximum Gasteiger partial charge on any atom is 0.306 e. The van der Waals surface area contributed by atoms with E-state index in [2.05, 4.69) is 93.7 Å². The van der Waals surface area contributed by atoms with Gasteiger partial charge in [-0.05, 0) is 96.3 Å². The second kappa shape index (κ2) is 58.4. The molecule has 0 radical (unpaired) electrons. The molecule has 0 spiro atoms. The molecule has 0 aliphatic heterocycles. The summed E-state index contributed by atoms with van der Waals surface area (Å²) in [6.07, 6.45) is 74.6. The third-order valence-electron chi connectivity index (χ3n) is 12.9. The lowest BCUT2D eigenvalue weighted by Gasteiger charge is -2.18. The summed E-state index contributed by atoms with van der Waals surface area (Å²) in [7, 11) is 0. The molecule has 0 saturated carbocycles. The fourth-order valence-electron chi connectivity index (χ4n) is 8.40. The minimum atomic E-state index is -0.787. The average molecular weight is 978 g/mol. The lowest BCUT2D eigenvalue weighted by atomic mass is 10.0. The summed E-state index contributed by atoms with van der Waals surface area (Å²) in [5, 5.41) is 0. The topological polar surface area (TPSA) is 78.9 Å². The predicted molar refractivity (Wildman–Crippen MR) is 302 cm³/mol. The molecule has 0 heterocycles. The Bertz CT molecular complexity index is 1310. The zero-order valence-corrected chi connectivity index (χ0v) is 46.3. The number of carbonyl (C=O) groups excluding carboxylic acids is 3. The van der Waals surface area contributed by atoms with Gasteiger partial charge < -0.3 is 14.2 Å². The molecular weight excluding hydrogens is 865 g/mol. The van der Waals surface area contributed by atoms with Crippen molar-refractivity contribution in [3.05, 3.63) is 72.9 Å². The quantitative estimate of drug-likeness (QED) is 0.0261. The molecule has 0 bridgehead atoms. The maximum absolute atomic E-state index is 12.9. The van der Waals surface area contributed by atoms with Gasteiger partial charge in [-0.1, -0.05) is 254 Å². The first-order valence-corrected chi connectivity index (χ1v) is 29.9. The van der Waals surface area contributed by atoms with Gasteiger partial charge in [-0.2, -0.15) is 0 Å². The number of hydrogen-bond donors (Lipinski definition) is 0. The lowest BCUT2D eigenvalue weighted by molar-refractivity contribution is -0.167. The summed E-state index contributed by atoms with van der Waals surface area (Å²) in [6.45, 7) is 6.60. The fraction of sp³-hybridized carbons (Fsp3) is 0.766. The van der Waals surface area contributed by atoms with Crippen LogP contribution < -0.4 is 0 Å². The van der Waals surface area contributed by atoms with Crippen LogP contribution in [0.3, 0.4) is 0 Å². The van der Waals surface area contributed by atoms with Gasteiger partial charge in [-0.15, -0.1) is 0 Å². The standard InChI is InChI=1S/C64H112O6/c1-4-7-10-13-16-19-22-25-27-29-31-32-34-35-37-39-42-45-48-51-54-57-63(66)69-60-61(59-68-62(65)56-53-50-47-44-41-24-21-18-15-12-9-6-3)70-64(67)58-55-52-49-46-43-40-38-36-33-30-28-26-23-20-17-14-11-8-5-2/h17,20,22,25-26,28-29,31,33-36,61H,4-16,18-19,21,23-24,27,30,32,37-60H2,1-3H3/b20-17-,25-22-,28-26-,31-29-,35-34-,36-33-. The molecule has 70 heavy (non-hydrogen) atoms. The SMILES string of the molecule is CCCCC/C=C\C/C=C\C/C=C\CCCCCCCCC(=O)OC(COC(=O)CCCCCCCC/C=C\C/C=C\C/C=C\CCCCCCC)COC(=O)CCCCCCCCCCCCCC. The summed E-state index contributed by atoms with van der Waals surface area (Å²) in [5.41, 5.74) is 0. The second-order valence-corrected chi connectivity index (χ2v) is 19.9. The number of carbonyl (C=O) groups is 3. The highest BCUT2D eigenvalue weighted by molar-refractivity contribution is 5.71. The fourth-order valence-corrected chi connectivity index (χ4v) is 8.40. The first kappa shape index (κ1) is 66.9. The monoisotopic (exact) mass is 977 g/mol. The van der Waals surface area contributed by atoms with Gasteiger partial charge in [0.05, 0.1) is 0 Å². The molecule has 0 rings (SSSR count). The molecule has 0 amide bonds. The summed E-state index contributed by atoms with van der Waals surface area (Å²) in [6, 6.07) is 0. The summed E-state index contributed by atoms with van der Waals surface area (Å²) in [4.78, 5) is 38.2. The molecule has 1 atom stereocenters. The van der Waals surface area contributed by atoms with Crippen LogP contribution in [0.1, 0.15) is 297 Å². The molecule has 6 heteroatoms. The van der Waals surface area contributed by atoms with Crippen LogP contribution in [0.4, 0.5) is 0 Å². The zero-order chi connectivity index (χ0) is 50.7. The highest BCUT2D eigenvalue weighted by Gasteiger charge is 2.19. The van der Waals surface area contributed by atoms with E-state index in [4.69, 9.17) is 14.2 Å². The van der Waals surface area contributed by atoms with Crippen molar-refractivity contribution < 1.29 is 28.6 Å². The van der Waals surface area contributed by atoms with Crippen molar-refractivity contribution >= 4 is 17.9 Å². The number of allylic oxidation sites excluding steroid dienone is 12. The van der Waals surface area contributed by atoms with Crippen molar-refractivity contribution in [2.45, 2.75) is 303 Å². The second-order valence-electron chi connectivity index (χ2n) is 19.9. The Balaban J connectivity index is 4.39. The van der Waals surface area contributed by atoms with Gasteiger partial charge in [0.25, 0.3) is 0 Å². The van der Waals surface area contributed by atoms with E-state index in [0.717, 1.165) is 103 Å². The van der Waals surface area contributed by atoms with E-state index in [-0.39, 0.29) is 31.1 Å². The van der Waals surface area contributed by atoms with E-state index in [1.54, 1.807) is 0 Å². The molecule has 0 aliphatic carbocycles. The molecule has 0 fully saturated rings. The molecule has 0 aromatic carbocycles. The number of hydrogen-bond acceptors (Lipinski definition) is 6. The van der Waals surface area contributed by atoms with E-state index in [0.29, 0.717) is 19.3 Å². The summed E-state index contributed by atoms with van der Waals surface area (Å²) >= 11 is 0. The van der Waals surface area contributed by atoms with Crippen molar-refractivity contribution in [3.8, 4) is 0 Å². The van der Waals surface area contributed by atoms with Gasteiger partial charge in [0.1, 0.15) is 13.2 Å². The van der Waals surface area contributed by atoms with Crippen LogP contribution in [0.2, 0.25) is 0 Å². The van der Waals surface area contributed by atoms with E-state index < -0.39 is 6.10 Å². The molecule has 0 aromatic heterocycles. The van der Waals surface area contributed by atoms with Crippen LogP contribution >= 0.6 is 0 Å². The van der Waals surface area contributed by atoms with Gasteiger partial charge in [-0.25, -0.2) is 0 Å². The van der Waals surface area contributed by atoms with Crippen molar-refractivity contribution in [1.82, 2.24) is 0 Å². The Morgan fingerprint density at radius 2 is 0.514 bits per heavy atom. The molecule has 404 valence electrons. The third-order valence-corrected chi connectivity index (χ3v) is 12.9. The van der Waals surface area contributed by atoms with Gasteiger partial charge >= 0.3 is 17.9 Å². The van der Waals surface area contributed by atoms with Crippen LogP contribution in [-0.4, -0.2) is 37.2 Å². The Morgan fingerprint density at radius 1 is 0.286 bits per heavy atom. The highest BCUT2D eigenvalue weighted by atomic mass is 16.6. The lowest BCUT2D eigenvalue weighted by Crippen LogP contribution is -2.30. The molecular formula is C64H112O6. The maximum atomic E-state index is 12.9. The van der Waals surface area contributed by atoms with Gasteiger partial charge in [0.2, 0.25) is 0 Å².